The quantitative estimate of drug-likeness (QED) is 0.453. The van der Waals surface area contributed by atoms with E-state index >= 15 is 0 Å². The molecular weight excluding hydrogens is 316 g/mol. The maximum Gasteiger partial charge on any atom is 0.118 e. The molecule has 0 saturated carbocycles. The highest BCUT2D eigenvalue weighted by atomic mass is 79.9. The largest absolute Gasteiger partial charge is 0.497 e. The van der Waals surface area contributed by atoms with Crippen LogP contribution >= 0.6 is 15.9 Å². The fourth-order valence-corrected chi connectivity index (χ4v) is 2.55. The number of ether oxygens (including phenoxy) is 2. The van der Waals surface area contributed by atoms with E-state index in [1.54, 1.807) is 7.11 Å². The van der Waals surface area contributed by atoms with Gasteiger partial charge in [-0.25, -0.2) is 0 Å². The molecule has 0 saturated heterocycles. The number of halogens is 1. The molecule has 1 rings (SSSR count). The van der Waals surface area contributed by atoms with Crippen LogP contribution in [-0.4, -0.2) is 25.7 Å². The molecule has 0 N–H and O–H groups in total. The number of benzene rings is 1. The minimum Gasteiger partial charge on any atom is -0.497 e. The molecule has 114 valence electrons. The second kappa shape index (κ2) is 10.2. The van der Waals surface area contributed by atoms with Crippen LogP contribution in [0.1, 0.15) is 32.3 Å². The molecule has 0 spiro atoms. The number of hydrogen-bond acceptors (Lipinski definition) is 2. The number of methoxy groups -OCH3 is 1. The third-order valence-corrected chi connectivity index (χ3v) is 4.33. The molecule has 0 fully saturated rings. The molecule has 0 radical (unpaired) electrons. The number of rotatable bonds is 10. The van der Waals surface area contributed by atoms with E-state index < -0.39 is 0 Å². The van der Waals surface area contributed by atoms with E-state index in [1.165, 1.54) is 5.56 Å². The first-order chi connectivity index (χ1) is 9.65. The van der Waals surface area contributed by atoms with Gasteiger partial charge in [-0.2, -0.15) is 0 Å². The van der Waals surface area contributed by atoms with E-state index in [2.05, 4.69) is 41.9 Å². The van der Waals surface area contributed by atoms with Gasteiger partial charge < -0.3 is 9.47 Å². The molecule has 20 heavy (non-hydrogen) atoms. The minimum absolute atomic E-state index is 0.627. The summed E-state index contributed by atoms with van der Waals surface area (Å²) in [5.41, 5.74) is 1.36. The molecule has 0 bridgehead atoms. The summed E-state index contributed by atoms with van der Waals surface area (Å²) in [6.45, 7) is 6.21. The minimum atomic E-state index is 0.627. The maximum absolute atomic E-state index is 5.71. The van der Waals surface area contributed by atoms with Crippen LogP contribution in [0.15, 0.2) is 24.3 Å². The smallest absolute Gasteiger partial charge is 0.118 e. The van der Waals surface area contributed by atoms with Gasteiger partial charge in [-0.3, -0.25) is 0 Å². The maximum atomic E-state index is 5.71. The van der Waals surface area contributed by atoms with E-state index in [1.807, 2.05) is 12.1 Å². The van der Waals surface area contributed by atoms with Crippen molar-refractivity contribution >= 4 is 15.9 Å². The average molecular weight is 343 g/mol. The third kappa shape index (κ3) is 7.30. The van der Waals surface area contributed by atoms with Crippen molar-refractivity contribution < 1.29 is 9.47 Å². The molecule has 0 aromatic heterocycles. The van der Waals surface area contributed by atoms with Crippen LogP contribution in [0.4, 0.5) is 0 Å². The van der Waals surface area contributed by atoms with Crippen molar-refractivity contribution in [1.82, 2.24) is 0 Å². The van der Waals surface area contributed by atoms with E-state index in [9.17, 15) is 0 Å². The van der Waals surface area contributed by atoms with Crippen molar-refractivity contribution in [3.8, 4) is 5.75 Å². The Labute approximate surface area is 132 Å². The van der Waals surface area contributed by atoms with Gasteiger partial charge in [0.15, 0.2) is 0 Å². The Morgan fingerprint density at radius 1 is 1.05 bits per heavy atom. The van der Waals surface area contributed by atoms with Crippen LogP contribution < -0.4 is 4.74 Å². The summed E-state index contributed by atoms with van der Waals surface area (Å²) < 4.78 is 10.9. The van der Waals surface area contributed by atoms with Crippen molar-refractivity contribution in [1.29, 1.82) is 0 Å². The summed E-state index contributed by atoms with van der Waals surface area (Å²) in [5, 5.41) is 1.02. The molecule has 0 heterocycles. The van der Waals surface area contributed by atoms with Gasteiger partial charge in [0, 0.05) is 18.5 Å². The fourth-order valence-electron chi connectivity index (χ4n) is 2.00. The second-order valence-corrected chi connectivity index (χ2v) is 6.30. The van der Waals surface area contributed by atoms with Gasteiger partial charge in [0.25, 0.3) is 0 Å². The van der Waals surface area contributed by atoms with E-state index in [4.69, 9.17) is 9.47 Å². The lowest BCUT2D eigenvalue weighted by molar-refractivity contribution is 0.113. The Kier molecular flexibility index (Phi) is 8.95. The second-order valence-electron chi connectivity index (χ2n) is 5.66. The van der Waals surface area contributed by atoms with Crippen molar-refractivity contribution in [2.24, 2.45) is 11.8 Å². The summed E-state index contributed by atoms with van der Waals surface area (Å²) >= 11 is 3.61. The number of alkyl halides is 1. The van der Waals surface area contributed by atoms with Crippen molar-refractivity contribution in [2.45, 2.75) is 33.1 Å². The Bertz CT molecular complexity index is 349. The molecule has 0 aliphatic carbocycles. The lowest BCUT2D eigenvalue weighted by atomic mass is 9.98. The molecule has 1 atom stereocenters. The molecule has 1 aromatic carbocycles. The van der Waals surface area contributed by atoms with Crippen LogP contribution in [0.2, 0.25) is 0 Å². The van der Waals surface area contributed by atoms with Crippen LogP contribution in [0.5, 0.6) is 5.75 Å². The molecule has 3 heteroatoms. The zero-order chi connectivity index (χ0) is 14.8. The topological polar surface area (TPSA) is 18.5 Å². The molecule has 1 unspecified atom stereocenters. The summed E-state index contributed by atoms with van der Waals surface area (Å²) in [5.74, 6) is 2.27. The Hall–Kier alpha value is -0.540. The van der Waals surface area contributed by atoms with Crippen LogP contribution in [0.25, 0.3) is 0 Å². The van der Waals surface area contributed by atoms with Gasteiger partial charge in [-0.1, -0.05) is 41.9 Å². The van der Waals surface area contributed by atoms with E-state index in [0.717, 1.165) is 49.5 Å². The number of hydrogen-bond donors (Lipinski definition) is 0. The molecular formula is C17H27BrO2. The van der Waals surface area contributed by atoms with E-state index in [-0.39, 0.29) is 0 Å². The monoisotopic (exact) mass is 342 g/mol. The molecule has 2 nitrogen and oxygen atoms in total. The Morgan fingerprint density at radius 3 is 2.25 bits per heavy atom. The highest BCUT2D eigenvalue weighted by molar-refractivity contribution is 9.09. The van der Waals surface area contributed by atoms with Crippen molar-refractivity contribution in [2.75, 3.05) is 25.7 Å². The molecule has 0 aliphatic rings. The SMILES string of the molecule is COc1ccc(CC(CBr)CCOCCC(C)C)cc1. The van der Waals surface area contributed by atoms with Crippen LogP contribution in [-0.2, 0) is 11.2 Å². The highest BCUT2D eigenvalue weighted by Crippen LogP contribution is 2.18. The summed E-state index contributed by atoms with van der Waals surface area (Å²) in [6, 6.07) is 8.35. The van der Waals surface area contributed by atoms with Gasteiger partial charge in [0.05, 0.1) is 7.11 Å². The predicted molar refractivity (Wildman–Crippen MR) is 88.9 cm³/mol. The first kappa shape index (κ1) is 17.5. The fraction of sp³-hybridized carbons (Fsp3) is 0.647. The summed E-state index contributed by atoms with van der Waals surface area (Å²) in [4.78, 5) is 0. The molecule has 0 amide bonds. The predicted octanol–water partition coefficient (Wildman–Crippen LogP) is 4.70. The lowest BCUT2D eigenvalue weighted by Gasteiger charge is -2.15. The van der Waals surface area contributed by atoms with Crippen molar-refractivity contribution in [3.05, 3.63) is 29.8 Å². The summed E-state index contributed by atoms with van der Waals surface area (Å²) in [6.07, 6.45) is 3.34. The average Bonchev–Trinajstić information content (AvgIpc) is 2.46. The Balaban J connectivity index is 2.27. The Morgan fingerprint density at radius 2 is 1.70 bits per heavy atom. The van der Waals surface area contributed by atoms with Gasteiger partial charge >= 0.3 is 0 Å². The van der Waals surface area contributed by atoms with Crippen LogP contribution in [0.3, 0.4) is 0 Å². The van der Waals surface area contributed by atoms with Crippen molar-refractivity contribution in [3.63, 3.8) is 0 Å². The van der Waals surface area contributed by atoms with Gasteiger partial charge in [-0.15, -0.1) is 0 Å². The zero-order valence-electron chi connectivity index (χ0n) is 12.9. The first-order valence-electron chi connectivity index (χ1n) is 7.42. The van der Waals surface area contributed by atoms with Gasteiger partial charge in [-0.05, 0) is 48.8 Å². The first-order valence-corrected chi connectivity index (χ1v) is 8.54. The molecule has 0 aliphatic heterocycles. The van der Waals surface area contributed by atoms with Crippen LogP contribution in [0, 0.1) is 11.8 Å². The zero-order valence-corrected chi connectivity index (χ0v) is 14.5. The van der Waals surface area contributed by atoms with Gasteiger partial charge in [0.1, 0.15) is 5.75 Å². The van der Waals surface area contributed by atoms with E-state index in [0.29, 0.717) is 5.92 Å². The standard InChI is InChI=1S/C17H27BrO2/c1-14(2)8-10-20-11-9-16(13-18)12-15-4-6-17(19-3)7-5-15/h4-7,14,16H,8-13H2,1-3H3. The lowest BCUT2D eigenvalue weighted by Crippen LogP contribution is -2.11. The third-order valence-electron chi connectivity index (χ3n) is 3.41. The highest BCUT2D eigenvalue weighted by Gasteiger charge is 2.08. The summed E-state index contributed by atoms with van der Waals surface area (Å²) in [7, 11) is 1.70. The normalized spacial score (nSPS) is 12.7. The molecule has 1 aromatic rings. The van der Waals surface area contributed by atoms with Gasteiger partial charge in [0.2, 0.25) is 0 Å².